The van der Waals surface area contributed by atoms with Gasteiger partial charge in [-0.2, -0.15) is 0 Å². The third-order valence-electron chi connectivity index (χ3n) is 5.64. The van der Waals surface area contributed by atoms with Crippen molar-refractivity contribution in [3.63, 3.8) is 0 Å². The van der Waals surface area contributed by atoms with Crippen LogP contribution >= 0.6 is 0 Å². The third kappa shape index (κ3) is 8.36. The lowest BCUT2D eigenvalue weighted by Gasteiger charge is -2.31. The third-order valence-corrected chi connectivity index (χ3v) is 7.68. The highest BCUT2D eigenvalue weighted by Gasteiger charge is 2.31. The molecule has 0 bridgehead atoms. The fraction of sp³-hybridized carbons (Fsp3) is 0.696. The van der Waals surface area contributed by atoms with Gasteiger partial charge in [-0.1, -0.05) is 50.6 Å². The molecule has 6 nitrogen and oxygen atoms in total. The molecule has 1 heterocycles. The van der Waals surface area contributed by atoms with Crippen molar-refractivity contribution >= 4 is 15.9 Å². The Hall–Kier alpha value is -1.44. The van der Waals surface area contributed by atoms with Gasteiger partial charge in [-0.25, -0.2) is 12.7 Å². The monoisotopic (exact) mass is 437 g/mol. The highest BCUT2D eigenvalue weighted by molar-refractivity contribution is 7.89. The lowest BCUT2D eigenvalue weighted by atomic mass is 9.99. The van der Waals surface area contributed by atoms with Gasteiger partial charge in [-0.3, -0.25) is 9.69 Å². The Bertz CT molecular complexity index is 724. The second-order valence-electron chi connectivity index (χ2n) is 8.27. The van der Waals surface area contributed by atoms with Crippen LogP contribution in [0.5, 0.6) is 0 Å². The van der Waals surface area contributed by atoms with Crippen LogP contribution in [-0.2, 0) is 21.4 Å². The van der Waals surface area contributed by atoms with Gasteiger partial charge in [0, 0.05) is 32.7 Å². The van der Waals surface area contributed by atoms with Crippen LogP contribution in [0.15, 0.2) is 30.3 Å². The maximum absolute atomic E-state index is 12.6. The predicted molar refractivity (Wildman–Crippen MR) is 123 cm³/mol. The molecule has 1 aromatic carbocycles. The summed E-state index contributed by atoms with van der Waals surface area (Å²) in [5, 5.41) is 3.04. The number of unbranched alkanes of at least 4 members (excludes halogenated alkanes) is 1. The van der Waals surface area contributed by atoms with E-state index in [0.29, 0.717) is 26.1 Å². The van der Waals surface area contributed by atoms with Crippen molar-refractivity contribution in [1.82, 2.24) is 14.5 Å². The van der Waals surface area contributed by atoms with E-state index in [2.05, 4.69) is 41.4 Å². The summed E-state index contributed by atoms with van der Waals surface area (Å²) in [7, 11) is -3.23. The molecule has 1 amide bonds. The molecule has 0 unspecified atom stereocenters. The molecule has 1 saturated heterocycles. The Morgan fingerprint density at radius 1 is 1.13 bits per heavy atom. The number of amides is 1. The van der Waals surface area contributed by atoms with Crippen molar-refractivity contribution in [2.24, 2.45) is 5.92 Å². The molecule has 0 aliphatic carbocycles. The Morgan fingerprint density at radius 3 is 2.57 bits per heavy atom. The summed E-state index contributed by atoms with van der Waals surface area (Å²) in [6, 6.07) is 10.5. The van der Waals surface area contributed by atoms with Crippen LogP contribution in [0.4, 0.5) is 0 Å². The van der Waals surface area contributed by atoms with Gasteiger partial charge in [0.15, 0.2) is 0 Å². The van der Waals surface area contributed by atoms with Gasteiger partial charge in [0.25, 0.3) is 0 Å². The highest BCUT2D eigenvalue weighted by Crippen LogP contribution is 2.20. The van der Waals surface area contributed by atoms with Crippen molar-refractivity contribution in [2.75, 3.05) is 38.5 Å². The standard InChI is InChI=1S/C23H39N3O3S/c1-3-5-15-25(19-21-11-7-6-8-12-21)16-10-14-24-23(27)22-13-9-17-26(20-22)30(28,29)18-4-2/h6-8,11-12,22H,3-5,9-10,13-20H2,1-2H3,(H,24,27)/t22-/m0/s1. The summed E-state index contributed by atoms with van der Waals surface area (Å²) in [4.78, 5) is 15.0. The number of piperidine rings is 1. The molecule has 1 aliphatic rings. The first-order valence-electron chi connectivity index (χ1n) is 11.5. The fourth-order valence-electron chi connectivity index (χ4n) is 3.95. The molecule has 0 aromatic heterocycles. The van der Waals surface area contributed by atoms with E-state index in [1.54, 1.807) is 0 Å². The minimum absolute atomic E-state index is 0.00503. The summed E-state index contributed by atoms with van der Waals surface area (Å²) in [6.07, 6.45) is 5.36. The van der Waals surface area contributed by atoms with E-state index in [1.807, 2.05) is 13.0 Å². The number of benzene rings is 1. The Balaban J connectivity index is 1.76. The van der Waals surface area contributed by atoms with Gasteiger partial charge in [-0.15, -0.1) is 0 Å². The molecule has 1 N–H and O–H groups in total. The molecule has 2 rings (SSSR count). The number of carbonyl (C=O) groups is 1. The fourth-order valence-corrected chi connectivity index (χ4v) is 5.54. The normalized spacial score (nSPS) is 17.9. The summed E-state index contributed by atoms with van der Waals surface area (Å²) >= 11 is 0. The topological polar surface area (TPSA) is 69.7 Å². The zero-order valence-corrected chi connectivity index (χ0v) is 19.5. The SMILES string of the molecule is CCCCN(CCCNC(=O)[C@H]1CCCN(S(=O)(=O)CCC)C1)Cc1ccccc1. The zero-order valence-electron chi connectivity index (χ0n) is 18.7. The number of nitrogens with one attached hydrogen (secondary N) is 1. The molecule has 1 aromatic rings. The quantitative estimate of drug-likeness (QED) is 0.481. The van der Waals surface area contributed by atoms with Gasteiger partial charge < -0.3 is 5.32 Å². The van der Waals surface area contributed by atoms with E-state index >= 15 is 0 Å². The minimum atomic E-state index is -3.23. The molecular weight excluding hydrogens is 398 g/mol. The molecular formula is C23H39N3O3S. The number of hydrogen-bond donors (Lipinski definition) is 1. The van der Waals surface area contributed by atoms with Gasteiger partial charge in [-0.05, 0) is 44.2 Å². The first-order valence-corrected chi connectivity index (χ1v) is 13.1. The smallest absolute Gasteiger partial charge is 0.224 e. The number of sulfonamides is 1. The van der Waals surface area contributed by atoms with Crippen LogP contribution in [-0.4, -0.2) is 62.0 Å². The molecule has 7 heteroatoms. The average Bonchev–Trinajstić information content (AvgIpc) is 2.75. The molecule has 0 radical (unpaired) electrons. The van der Waals surface area contributed by atoms with E-state index in [9.17, 15) is 13.2 Å². The minimum Gasteiger partial charge on any atom is -0.356 e. The number of hydrogen-bond acceptors (Lipinski definition) is 4. The number of nitrogens with zero attached hydrogens (tertiary/aromatic N) is 2. The van der Waals surface area contributed by atoms with Gasteiger partial charge in [0.1, 0.15) is 0 Å². The second kappa shape index (κ2) is 13.1. The van der Waals surface area contributed by atoms with Crippen molar-refractivity contribution in [1.29, 1.82) is 0 Å². The first kappa shape index (κ1) is 24.8. The number of rotatable bonds is 13. The van der Waals surface area contributed by atoms with Crippen molar-refractivity contribution in [3.8, 4) is 0 Å². The van der Waals surface area contributed by atoms with Crippen LogP contribution in [0.25, 0.3) is 0 Å². The predicted octanol–water partition coefficient (Wildman–Crippen LogP) is 3.25. The van der Waals surface area contributed by atoms with Crippen LogP contribution < -0.4 is 5.32 Å². The molecule has 1 fully saturated rings. The van der Waals surface area contributed by atoms with Gasteiger partial charge in [0.2, 0.25) is 15.9 Å². The molecule has 30 heavy (non-hydrogen) atoms. The van der Waals surface area contributed by atoms with Gasteiger partial charge in [0.05, 0.1) is 11.7 Å². The molecule has 1 aliphatic heterocycles. The molecule has 170 valence electrons. The maximum Gasteiger partial charge on any atom is 0.224 e. The van der Waals surface area contributed by atoms with Crippen molar-refractivity contribution in [3.05, 3.63) is 35.9 Å². The highest BCUT2D eigenvalue weighted by atomic mass is 32.2. The maximum atomic E-state index is 12.6. The summed E-state index contributed by atoms with van der Waals surface area (Å²) in [5.74, 6) is -0.0726. The van der Waals surface area contributed by atoms with Gasteiger partial charge >= 0.3 is 0 Å². The Labute approximate surface area is 183 Å². The van der Waals surface area contributed by atoms with Crippen LogP contribution in [0.2, 0.25) is 0 Å². The van der Waals surface area contributed by atoms with Crippen molar-refractivity contribution < 1.29 is 13.2 Å². The summed E-state index contributed by atoms with van der Waals surface area (Å²) < 4.78 is 26.1. The second-order valence-corrected chi connectivity index (χ2v) is 10.4. The Morgan fingerprint density at radius 2 is 1.87 bits per heavy atom. The summed E-state index contributed by atoms with van der Waals surface area (Å²) in [5.41, 5.74) is 1.31. The Kier molecular flexibility index (Phi) is 10.8. The van der Waals surface area contributed by atoms with Crippen LogP contribution in [0.1, 0.15) is 57.9 Å². The molecule has 0 spiro atoms. The van der Waals surface area contributed by atoms with Crippen LogP contribution in [0.3, 0.4) is 0 Å². The van der Waals surface area contributed by atoms with E-state index in [4.69, 9.17) is 0 Å². The zero-order chi connectivity index (χ0) is 21.8. The lowest BCUT2D eigenvalue weighted by molar-refractivity contribution is -0.126. The van der Waals surface area contributed by atoms with E-state index < -0.39 is 10.0 Å². The van der Waals surface area contributed by atoms with E-state index in [1.165, 1.54) is 22.7 Å². The largest absolute Gasteiger partial charge is 0.356 e. The first-order chi connectivity index (χ1) is 14.5. The van der Waals surface area contributed by atoms with E-state index in [-0.39, 0.29) is 17.6 Å². The summed E-state index contributed by atoms with van der Waals surface area (Å²) in [6.45, 7) is 8.50. The van der Waals surface area contributed by atoms with E-state index in [0.717, 1.165) is 38.9 Å². The molecule has 0 saturated carbocycles. The van der Waals surface area contributed by atoms with Crippen LogP contribution in [0, 0.1) is 5.92 Å². The number of carbonyl (C=O) groups excluding carboxylic acids is 1. The lowest BCUT2D eigenvalue weighted by Crippen LogP contribution is -2.46. The van der Waals surface area contributed by atoms with Crippen molar-refractivity contribution in [2.45, 2.75) is 58.9 Å². The molecule has 1 atom stereocenters. The average molecular weight is 438 g/mol.